The van der Waals surface area contributed by atoms with Gasteiger partial charge in [-0.2, -0.15) is 5.10 Å². The number of aromatic amines is 2. The molecule has 0 saturated heterocycles. The van der Waals surface area contributed by atoms with Crippen molar-refractivity contribution in [2.45, 2.75) is 33.1 Å². The second-order valence-electron chi connectivity index (χ2n) is 9.76. The predicted octanol–water partition coefficient (Wildman–Crippen LogP) is 5.91. The van der Waals surface area contributed by atoms with Crippen molar-refractivity contribution in [1.29, 1.82) is 0 Å². The highest BCUT2D eigenvalue weighted by Crippen LogP contribution is 2.37. The number of aryl methyl sites for hydroxylation is 2. The third kappa shape index (κ3) is 4.72. The van der Waals surface area contributed by atoms with Crippen LogP contribution >= 0.6 is 0 Å². The summed E-state index contributed by atoms with van der Waals surface area (Å²) in [6, 6.07) is 15.8. The molecule has 0 atom stereocenters. The van der Waals surface area contributed by atoms with Crippen LogP contribution in [0.3, 0.4) is 0 Å². The Hall–Kier alpha value is -4.98. The van der Waals surface area contributed by atoms with Gasteiger partial charge in [0.1, 0.15) is 5.82 Å². The Bertz CT molecular complexity index is 1710. The fourth-order valence-electron chi connectivity index (χ4n) is 5.16. The summed E-state index contributed by atoms with van der Waals surface area (Å²) in [5, 5.41) is 7.48. The summed E-state index contributed by atoms with van der Waals surface area (Å²) in [5.74, 6) is 0.806. The van der Waals surface area contributed by atoms with Gasteiger partial charge >= 0.3 is 0 Å². The summed E-state index contributed by atoms with van der Waals surface area (Å²) in [7, 11) is 0. The van der Waals surface area contributed by atoms with E-state index in [9.17, 15) is 9.59 Å². The van der Waals surface area contributed by atoms with Gasteiger partial charge in [-0.1, -0.05) is 24.3 Å². The Kier molecular flexibility index (Phi) is 6.28. The lowest BCUT2D eigenvalue weighted by Gasteiger charge is -2.04. The van der Waals surface area contributed by atoms with Gasteiger partial charge in [0.25, 0.3) is 5.91 Å². The summed E-state index contributed by atoms with van der Waals surface area (Å²) in [6.07, 6.45) is 11.0. The van der Waals surface area contributed by atoms with Crippen LogP contribution in [0.4, 0.5) is 5.69 Å². The van der Waals surface area contributed by atoms with E-state index in [1.54, 1.807) is 12.4 Å². The number of ketones is 1. The van der Waals surface area contributed by atoms with Crippen molar-refractivity contribution in [2.24, 2.45) is 0 Å². The number of imidazole rings is 1. The van der Waals surface area contributed by atoms with E-state index in [-0.39, 0.29) is 11.7 Å². The number of hydrogen-bond acceptors (Lipinski definition) is 4. The molecule has 2 aromatic carbocycles. The van der Waals surface area contributed by atoms with E-state index in [1.165, 1.54) is 0 Å². The molecule has 0 spiro atoms. The highest BCUT2D eigenvalue weighted by Gasteiger charge is 2.26. The zero-order valence-electron chi connectivity index (χ0n) is 21.8. The van der Waals surface area contributed by atoms with E-state index in [1.807, 2.05) is 85.5 Å². The van der Waals surface area contributed by atoms with Gasteiger partial charge in [-0.05, 0) is 61.7 Å². The van der Waals surface area contributed by atoms with Crippen molar-refractivity contribution in [3.8, 4) is 16.8 Å². The number of carbonyl (C=O) groups excluding carboxylic acids is 2. The number of nitrogens with zero attached hydrogens (tertiary/aromatic N) is 3. The molecule has 0 unspecified atom stereocenters. The molecule has 1 aliphatic rings. The van der Waals surface area contributed by atoms with Gasteiger partial charge in [-0.3, -0.25) is 9.59 Å². The molecule has 4 heterocycles. The predicted molar refractivity (Wildman–Crippen MR) is 152 cm³/mol. The van der Waals surface area contributed by atoms with Gasteiger partial charge in [0.05, 0.1) is 17.5 Å². The maximum Gasteiger partial charge on any atom is 0.256 e. The van der Waals surface area contributed by atoms with Crippen molar-refractivity contribution in [1.82, 2.24) is 24.7 Å². The van der Waals surface area contributed by atoms with E-state index in [0.29, 0.717) is 24.0 Å². The van der Waals surface area contributed by atoms with Crippen LogP contribution in [0, 0.1) is 13.8 Å². The van der Waals surface area contributed by atoms with Crippen LogP contribution in [0.2, 0.25) is 0 Å². The summed E-state index contributed by atoms with van der Waals surface area (Å²) in [5.41, 5.74) is 8.16. The lowest BCUT2D eigenvalue weighted by molar-refractivity contribution is -0.110. The van der Waals surface area contributed by atoms with Crippen molar-refractivity contribution < 1.29 is 9.59 Å². The highest BCUT2D eigenvalue weighted by molar-refractivity contribution is 6.35. The molecule has 0 fully saturated rings. The third-order valence-electron chi connectivity index (χ3n) is 7.16. The van der Waals surface area contributed by atoms with Crippen LogP contribution in [0.5, 0.6) is 0 Å². The Labute approximate surface area is 225 Å². The lowest BCUT2D eigenvalue weighted by Crippen LogP contribution is -2.04. The first kappa shape index (κ1) is 24.4. The molecule has 6 rings (SSSR count). The van der Waals surface area contributed by atoms with E-state index in [2.05, 4.69) is 25.4 Å². The number of aromatic nitrogens is 5. The standard InChI is InChI=1S/C31H28N6O2/c1-19-27(35-20(2)30(19)28(38)9-6-10-29-32-13-14-33-29)16-25-24-15-21(11-12-26(24)36-31(25)39)22-17-34-37(18-22)23-7-4-3-5-8-23/h3-5,7-8,11-18,35H,6,9-10H2,1-2H3,(H,32,33)(H,36,39)/b25-16-. The topological polar surface area (TPSA) is 108 Å². The third-order valence-corrected chi connectivity index (χ3v) is 7.16. The van der Waals surface area contributed by atoms with Crippen molar-refractivity contribution >= 4 is 29.0 Å². The number of H-pyrrole nitrogens is 2. The number of fused-ring (bicyclic) bond motifs is 1. The van der Waals surface area contributed by atoms with Crippen molar-refractivity contribution in [3.63, 3.8) is 0 Å². The van der Waals surface area contributed by atoms with Gasteiger partial charge in [0.15, 0.2) is 5.78 Å². The van der Waals surface area contributed by atoms with E-state index in [0.717, 1.165) is 57.3 Å². The number of Topliss-reactive ketones (excluding diaryl/α,β-unsaturated/α-hetero) is 1. The van der Waals surface area contributed by atoms with E-state index >= 15 is 0 Å². The summed E-state index contributed by atoms with van der Waals surface area (Å²) < 4.78 is 1.83. The summed E-state index contributed by atoms with van der Waals surface area (Å²) in [4.78, 5) is 36.7. The molecule has 1 aliphatic heterocycles. The SMILES string of the molecule is Cc1[nH]c(/C=C2\C(=O)Nc3ccc(-c4cnn(-c5ccccc5)c4)cc32)c(C)c1C(=O)CCCc1ncc[nH]1. The normalized spacial score (nSPS) is 13.6. The average molecular weight is 517 g/mol. The first-order chi connectivity index (χ1) is 19.0. The Morgan fingerprint density at radius 2 is 1.92 bits per heavy atom. The fraction of sp³-hybridized carbons (Fsp3) is 0.161. The van der Waals surface area contributed by atoms with E-state index < -0.39 is 0 Å². The number of nitrogens with one attached hydrogen (secondary N) is 3. The van der Waals surface area contributed by atoms with Gasteiger partial charge in [-0.25, -0.2) is 9.67 Å². The molecule has 3 aromatic heterocycles. The largest absolute Gasteiger partial charge is 0.358 e. The molecular weight excluding hydrogens is 488 g/mol. The molecule has 0 saturated carbocycles. The molecule has 0 bridgehead atoms. The molecule has 0 radical (unpaired) electrons. The molecule has 3 N–H and O–H groups in total. The van der Waals surface area contributed by atoms with Crippen LogP contribution in [0.25, 0.3) is 28.5 Å². The number of carbonyl (C=O) groups is 2. The highest BCUT2D eigenvalue weighted by atomic mass is 16.2. The smallest absolute Gasteiger partial charge is 0.256 e. The van der Waals surface area contributed by atoms with E-state index in [4.69, 9.17) is 0 Å². The number of anilines is 1. The maximum absolute atomic E-state index is 13.1. The lowest BCUT2D eigenvalue weighted by atomic mass is 9.98. The quantitative estimate of drug-likeness (QED) is 0.176. The van der Waals surface area contributed by atoms with Gasteiger partial charge < -0.3 is 15.3 Å². The monoisotopic (exact) mass is 516 g/mol. The van der Waals surface area contributed by atoms with Gasteiger partial charge in [0.2, 0.25) is 0 Å². The zero-order chi connectivity index (χ0) is 26.9. The molecular formula is C31H28N6O2. The molecule has 194 valence electrons. The molecule has 5 aromatic rings. The fourth-order valence-corrected chi connectivity index (χ4v) is 5.16. The Balaban J connectivity index is 1.27. The van der Waals surface area contributed by atoms with Crippen LogP contribution in [0.1, 0.15) is 51.5 Å². The Morgan fingerprint density at radius 3 is 2.72 bits per heavy atom. The molecule has 39 heavy (non-hydrogen) atoms. The Morgan fingerprint density at radius 1 is 1.08 bits per heavy atom. The number of rotatable bonds is 8. The molecule has 8 heteroatoms. The second-order valence-corrected chi connectivity index (χ2v) is 9.76. The summed E-state index contributed by atoms with van der Waals surface area (Å²) >= 11 is 0. The molecule has 0 aliphatic carbocycles. The van der Waals surface area contributed by atoms with Gasteiger partial charge in [0, 0.05) is 65.2 Å². The second kappa shape index (κ2) is 10.1. The number of benzene rings is 2. The first-order valence-corrected chi connectivity index (χ1v) is 13.0. The average Bonchev–Trinajstić information content (AvgIpc) is 3.73. The summed E-state index contributed by atoms with van der Waals surface area (Å²) in [6.45, 7) is 3.83. The minimum atomic E-state index is -0.167. The molecule has 1 amide bonds. The number of para-hydroxylation sites is 1. The van der Waals surface area contributed by atoms with Gasteiger partial charge in [-0.15, -0.1) is 0 Å². The first-order valence-electron chi connectivity index (χ1n) is 13.0. The van der Waals surface area contributed by atoms with Crippen LogP contribution in [-0.4, -0.2) is 36.4 Å². The van der Waals surface area contributed by atoms with Crippen LogP contribution < -0.4 is 5.32 Å². The maximum atomic E-state index is 13.1. The minimum Gasteiger partial charge on any atom is -0.358 e. The van der Waals surface area contributed by atoms with Crippen LogP contribution in [-0.2, 0) is 11.2 Å². The van der Waals surface area contributed by atoms with Crippen LogP contribution in [0.15, 0.2) is 73.3 Å². The number of amides is 1. The zero-order valence-corrected chi connectivity index (χ0v) is 21.8. The minimum absolute atomic E-state index is 0.0893. The van der Waals surface area contributed by atoms with Crippen molar-refractivity contribution in [2.75, 3.05) is 5.32 Å². The number of hydrogen-bond donors (Lipinski definition) is 3. The van der Waals surface area contributed by atoms with Crippen molar-refractivity contribution in [3.05, 3.63) is 107 Å². The molecule has 8 nitrogen and oxygen atoms in total.